The van der Waals surface area contributed by atoms with E-state index in [1.54, 1.807) is 11.1 Å². The topological polar surface area (TPSA) is 0 Å². The zero-order valence-corrected chi connectivity index (χ0v) is 9.29. The summed E-state index contributed by atoms with van der Waals surface area (Å²) in [6, 6.07) is 9.07. The number of benzene rings is 1. The fourth-order valence-corrected chi connectivity index (χ4v) is 3.01. The van der Waals surface area contributed by atoms with Gasteiger partial charge >= 0.3 is 0 Å². The van der Waals surface area contributed by atoms with Gasteiger partial charge in [0.2, 0.25) is 0 Å². The van der Waals surface area contributed by atoms with Crippen molar-refractivity contribution in [2.24, 2.45) is 0 Å². The van der Waals surface area contributed by atoms with Crippen molar-refractivity contribution in [3.63, 3.8) is 0 Å². The first-order valence-corrected chi connectivity index (χ1v) is 6.04. The maximum atomic E-state index is 2.34. The second-order valence-corrected chi connectivity index (χ2v) is 4.19. The summed E-state index contributed by atoms with van der Waals surface area (Å²) < 4.78 is 0. The molecule has 1 aromatic carbocycles. The van der Waals surface area contributed by atoms with Crippen LogP contribution in [-0.2, 0) is 0 Å². The van der Waals surface area contributed by atoms with Crippen molar-refractivity contribution < 1.29 is 0 Å². The summed E-state index contributed by atoms with van der Waals surface area (Å²) in [6.45, 7) is 4.00. The molecule has 0 nitrogen and oxygen atoms in total. The minimum absolute atomic E-state index is 0.917. The van der Waals surface area contributed by atoms with E-state index in [0.717, 1.165) is 11.8 Å². The first-order valence-electron chi connectivity index (χ1n) is 6.04. The van der Waals surface area contributed by atoms with Crippen LogP contribution in [0, 0.1) is 0 Å². The Hall–Kier alpha value is -0.780. The van der Waals surface area contributed by atoms with E-state index < -0.39 is 0 Å². The Morgan fingerprint density at radius 3 is 1.93 bits per heavy atom. The summed E-state index contributed by atoms with van der Waals surface area (Å²) in [5, 5.41) is 0. The predicted molar refractivity (Wildman–Crippen MR) is 61.7 cm³/mol. The van der Waals surface area contributed by atoms with E-state index >= 15 is 0 Å². The van der Waals surface area contributed by atoms with Gasteiger partial charge < -0.3 is 0 Å². The van der Waals surface area contributed by atoms with E-state index in [1.807, 2.05) is 13.8 Å². The van der Waals surface area contributed by atoms with Crippen molar-refractivity contribution >= 4 is 0 Å². The Bertz CT molecular complexity index is 272. The molecule has 76 valence electrons. The molecule has 2 bridgehead atoms. The Morgan fingerprint density at radius 2 is 1.43 bits per heavy atom. The van der Waals surface area contributed by atoms with Gasteiger partial charge in [0.05, 0.1) is 0 Å². The van der Waals surface area contributed by atoms with Crippen LogP contribution in [0.2, 0.25) is 0 Å². The lowest BCUT2D eigenvalue weighted by Gasteiger charge is -2.18. The van der Waals surface area contributed by atoms with E-state index in [9.17, 15) is 0 Å². The first kappa shape index (κ1) is 9.76. The molecular weight excluding hydrogens is 168 g/mol. The molecule has 2 aliphatic rings. The smallest absolute Gasteiger partial charge is 0.0153 e. The molecule has 0 aliphatic heterocycles. The third-order valence-corrected chi connectivity index (χ3v) is 3.55. The highest BCUT2D eigenvalue weighted by Gasteiger charge is 2.33. The molecule has 0 amide bonds. The summed E-state index contributed by atoms with van der Waals surface area (Å²) in [7, 11) is 0. The quantitative estimate of drug-likeness (QED) is 0.563. The van der Waals surface area contributed by atoms with Crippen molar-refractivity contribution in [3.8, 4) is 0 Å². The fourth-order valence-electron chi connectivity index (χ4n) is 3.01. The van der Waals surface area contributed by atoms with Gasteiger partial charge in [0, 0.05) is 0 Å². The van der Waals surface area contributed by atoms with E-state index in [-0.39, 0.29) is 0 Å². The first-order chi connectivity index (χ1) is 6.95. The van der Waals surface area contributed by atoms with Crippen LogP contribution in [0.3, 0.4) is 0 Å². The predicted octanol–water partition coefficient (Wildman–Crippen LogP) is 4.47. The molecule has 0 N–H and O–H groups in total. The van der Waals surface area contributed by atoms with Gasteiger partial charge in [-0.05, 0) is 42.2 Å². The van der Waals surface area contributed by atoms with Crippen LogP contribution in [0.4, 0.5) is 0 Å². The zero-order valence-electron chi connectivity index (χ0n) is 9.29. The summed E-state index contributed by atoms with van der Waals surface area (Å²) in [5.74, 6) is 1.83. The van der Waals surface area contributed by atoms with Gasteiger partial charge in [-0.15, -0.1) is 0 Å². The van der Waals surface area contributed by atoms with E-state index in [1.165, 1.54) is 25.7 Å². The molecule has 3 rings (SSSR count). The van der Waals surface area contributed by atoms with Crippen molar-refractivity contribution in [2.45, 2.75) is 51.4 Å². The molecule has 0 heterocycles. The molecule has 2 aliphatic carbocycles. The molecule has 0 radical (unpaired) electrons. The summed E-state index contributed by atoms with van der Waals surface area (Å²) >= 11 is 0. The molecule has 1 fully saturated rings. The van der Waals surface area contributed by atoms with Crippen LogP contribution in [0.15, 0.2) is 24.3 Å². The fraction of sp³-hybridized carbons (Fsp3) is 0.571. The Morgan fingerprint density at radius 1 is 0.929 bits per heavy atom. The Labute approximate surface area is 87.3 Å². The van der Waals surface area contributed by atoms with Gasteiger partial charge in [-0.3, -0.25) is 0 Å². The Balaban J connectivity index is 0.000000354. The molecule has 1 saturated carbocycles. The van der Waals surface area contributed by atoms with E-state index in [2.05, 4.69) is 24.3 Å². The van der Waals surface area contributed by atoms with Gasteiger partial charge in [0.15, 0.2) is 0 Å². The second-order valence-electron chi connectivity index (χ2n) is 4.19. The molecule has 2 unspecified atom stereocenters. The van der Waals surface area contributed by atoms with Crippen molar-refractivity contribution in [1.29, 1.82) is 0 Å². The summed E-state index contributed by atoms with van der Waals surface area (Å²) in [4.78, 5) is 0. The Kier molecular flexibility index (Phi) is 2.90. The average molecular weight is 188 g/mol. The number of fused-ring (bicyclic) bond motifs is 5. The maximum absolute atomic E-state index is 2.34. The monoisotopic (exact) mass is 188 g/mol. The second kappa shape index (κ2) is 4.16. The molecule has 14 heavy (non-hydrogen) atoms. The number of hydrogen-bond donors (Lipinski definition) is 0. The van der Waals surface area contributed by atoms with E-state index in [4.69, 9.17) is 0 Å². The molecule has 1 aromatic rings. The normalized spacial score (nSPS) is 27.6. The van der Waals surface area contributed by atoms with Gasteiger partial charge in [0.1, 0.15) is 0 Å². The molecule has 0 heteroatoms. The third-order valence-electron chi connectivity index (χ3n) is 3.55. The van der Waals surface area contributed by atoms with Gasteiger partial charge in [-0.25, -0.2) is 0 Å². The minimum atomic E-state index is 0.917. The lowest BCUT2D eigenvalue weighted by atomic mass is 9.87. The van der Waals surface area contributed by atoms with Crippen LogP contribution in [0.5, 0.6) is 0 Å². The molecule has 0 aromatic heterocycles. The van der Waals surface area contributed by atoms with Gasteiger partial charge in [-0.2, -0.15) is 0 Å². The highest BCUT2D eigenvalue weighted by molar-refractivity contribution is 5.39. The number of rotatable bonds is 0. The van der Waals surface area contributed by atoms with Crippen molar-refractivity contribution in [2.75, 3.05) is 0 Å². The van der Waals surface area contributed by atoms with Crippen molar-refractivity contribution in [1.82, 2.24) is 0 Å². The van der Waals surface area contributed by atoms with Gasteiger partial charge in [-0.1, -0.05) is 44.5 Å². The van der Waals surface area contributed by atoms with Crippen LogP contribution in [-0.4, -0.2) is 0 Å². The maximum Gasteiger partial charge on any atom is -0.0153 e. The lowest BCUT2D eigenvalue weighted by Crippen LogP contribution is -2.01. The molecule has 0 spiro atoms. The van der Waals surface area contributed by atoms with Gasteiger partial charge in [0.25, 0.3) is 0 Å². The molecule has 0 saturated heterocycles. The summed E-state index contributed by atoms with van der Waals surface area (Å²) in [6.07, 6.45) is 5.77. The van der Waals surface area contributed by atoms with Crippen molar-refractivity contribution in [3.05, 3.63) is 35.4 Å². The largest absolute Gasteiger partial charge is 0.0683 e. The minimum Gasteiger partial charge on any atom is -0.0683 e. The van der Waals surface area contributed by atoms with Crippen LogP contribution >= 0.6 is 0 Å². The molecule has 2 atom stereocenters. The highest BCUT2D eigenvalue weighted by atomic mass is 14.4. The number of hydrogen-bond acceptors (Lipinski definition) is 0. The lowest BCUT2D eigenvalue weighted by molar-refractivity contribution is 0.435. The highest BCUT2D eigenvalue weighted by Crippen LogP contribution is 2.49. The van der Waals surface area contributed by atoms with Crippen LogP contribution in [0.25, 0.3) is 0 Å². The van der Waals surface area contributed by atoms with E-state index in [0.29, 0.717) is 0 Å². The average Bonchev–Trinajstić information content (AvgIpc) is 2.55. The standard InChI is InChI=1S/C12H14.C2H6/c1-2-7-12-10-5-3-4-9(8-10)11(12)6-1;1-2/h1-2,6-7,9-10H,3-5,8H2;1-2H3. The third kappa shape index (κ3) is 1.47. The molecular formula is C14H20. The zero-order chi connectivity index (χ0) is 9.97. The van der Waals surface area contributed by atoms with Crippen LogP contribution < -0.4 is 0 Å². The summed E-state index contributed by atoms with van der Waals surface area (Å²) in [5.41, 5.74) is 3.33. The van der Waals surface area contributed by atoms with Crippen LogP contribution in [0.1, 0.15) is 62.5 Å². The SMILES string of the molecule is CC.c1ccc2c(c1)C1CCCC2C1.